The van der Waals surface area contributed by atoms with Crippen molar-refractivity contribution in [2.45, 2.75) is 25.4 Å². The predicted molar refractivity (Wildman–Crippen MR) is 68.6 cm³/mol. The zero-order valence-corrected chi connectivity index (χ0v) is 10.6. The number of hydrogen-bond donors (Lipinski definition) is 1. The van der Waals surface area contributed by atoms with Crippen LogP contribution in [0.25, 0.3) is 0 Å². The van der Waals surface area contributed by atoms with Crippen LogP contribution in [0.15, 0.2) is 22.8 Å². The highest BCUT2D eigenvalue weighted by Gasteiger charge is 2.28. The molecule has 0 aromatic carbocycles. The zero-order chi connectivity index (χ0) is 11.4. The molecule has 1 saturated heterocycles. The molecule has 3 nitrogen and oxygen atoms in total. The van der Waals surface area contributed by atoms with Gasteiger partial charge in [-0.25, -0.2) is 0 Å². The Kier molecular flexibility index (Phi) is 4.32. The van der Waals surface area contributed by atoms with E-state index in [9.17, 15) is 0 Å². The van der Waals surface area contributed by atoms with Crippen LogP contribution in [0.4, 0.5) is 0 Å². The molecule has 2 N–H and O–H groups in total. The Bertz CT molecular complexity index is 296. The highest BCUT2D eigenvalue weighted by atomic mass is 32.2. The molecule has 0 aliphatic carbocycles. The lowest BCUT2D eigenvalue weighted by Crippen LogP contribution is -2.44. The van der Waals surface area contributed by atoms with Crippen LogP contribution in [0, 0.1) is 0 Å². The number of nitrogens with zero attached hydrogens (tertiary/aromatic N) is 1. The van der Waals surface area contributed by atoms with Crippen LogP contribution in [0.1, 0.15) is 25.1 Å². The molecule has 1 aromatic rings. The van der Waals surface area contributed by atoms with Crippen molar-refractivity contribution < 1.29 is 4.42 Å². The Morgan fingerprint density at radius 1 is 1.50 bits per heavy atom. The molecule has 0 radical (unpaired) electrons. The Hall–Kier alpha value is -0.450. The number of thioether (sulfide) groups is 1. The molecule has 0 amide bonds. The molecule has 90 valence electrons. The Morgan fingerprint density at radius 3 is 2.81 bits per heavy atom. The van der Waals surface area contributed by atoms with Crippen molar-refractivity contribution in [3.05, 3.63) is 24.2 Å². The summed E-state index contributed by atoms with van der Waals surface area (Å²) in [4.78, 5) is 2.46. The molecule has 0 bridgehead atoms. The van der Waals surface area contributed by atoms with E-state index in [0.29, 0.717) is 0 Å². The fourth-order valence-electron chi connectivity index (χ4n) is 2.20. The molecule has 2 unspecified atom stereocenters. The van der Waals surface area contributed by atoms with Crippen molar-refractivity contribution in [1.82, 2.24) is 4.90 Å². The van der Waals surface area contributed by atoms with Crippen LogP contribution in [-0.4, -0.2) is 35.5 Å². The fraction of sp³-hybridized carbons (Fsp3) is 0.667. The summed E-state index contributed by atoms with van der Waals surface area (Å²) in [5.41, 5.74) is 6.23. The van der Waals surface area contributed by atoms with E-state index in [1.54, 1.807) is 6.26 Å². The summed E-state index contributed by atoms with van der Waals surface area (Å²) in [6.45, 7) is 4.37. The minimum Gasteiger partial charge on any atom is -0.468 e. The van der Waals surface area contributed by atoms with Gasteiger partial charge in [-0.3, -0.25) is 4.90 Å². The van der Waals surface area contributed by atoms with Gasteiger partial charge in [0.2, 0.25) is 0 Å². The van der Waals surface area contributed by atoms with E-state index in [1.807, 2.05) is 23.9 Å². The van der Waals surface area contributed by atoms with Crippen LogP contribution in [0.3, 0.4) is 0 Å². The molecule has 1 aliphatic heterocycles. The van der Waals surface area contributed by atoms with Crippen LogP contribution in [-0.2, 0) is 0 Å². The highest BCUT2D eigenvalue weighted by Crippen LogP contribution is 2.27. The largest absolute Gasteiger partial charge is 0.468 e. The van der Waals surface area contributed by atoms with Gasteiger partial charge in [0.25, 0.3) is 0 Å². The summed E-state index contributed by atoms with van der Waals surface area (Å²) in [5, 5.41) is 0. The first-order valence-electron chi connectivity index (χ1n) is 5.93. The van der Waals surface area contributed by atoms with Gasteiger partial charge in [-0.2, -0.15) is 11.8 Å². The zero-order valence-electron chi connectivity index (χ0n) is 9.76. The standard InChI is InChI=1S/C12H20N2OS/c1-2-10(13)12(11-4-3-7-15-11)14-5-8-16-9-6-14/h3-4,7,10,12H,2,5-6,8-9,13H2,1H3. The minimum absolute atomic E-state index is 0.161. The lowest BCUT2D eigenvalue weighted by atomic mass is 10.0. The van der Waals surface area contributed by atoms with E-state index in [2.05, 4.69) is 11.8 Å². The third-order valence-electron chi connectivity index (χ3n) is 3.15. The summed E-state index contributed by atoms with van der Waals surface area (Å²) in [6.07, 6.45) is 2.72. The maximum Gasteiger partial charge on any atom is 0.122 e. The number of nitrogens with two attached hydrogens (primary N) is 1. The van der Waals surface area contributed by atoms with Crippen LogP contribution in [0.5, 0.6) is 0 Å². The van der Waals surface area contributed by atoms with E-state index >= 15 is 0 Å². The van der Waals surface area contributed by atoms with E-state index in [-0.39, 0.29) is 12.1 Å². The minimum atomic E-state index is 0.161. The molecule has 2 rings (SSSR count). The first-order chi connectivity index (χ1) is 7.83. The summed E-state index contributed by atoms with van der Waals surface area (Å²) < 4.78 is 5.54. The normalized spacial score (nSPS) is 21.9. The summed E-state index contributed by atoms with van der Waals surface area (Å²) >= 11 is 2.02. The summed E-state index contributed by atoms with van der Waals surface area (Å²) in [5.74, 6) is 3.42. The van der Waals surface area contributed by atoms with E-state index in [0.717, 1.165) is 25.3 Å². The van der Waals surface area contributed by atoms with Gasteiger partial charge >= 0.3 is 0 Å². The van der Waals surface area contributed by atoms with Gasteiger partial charge in [-0.1, -0.05) is 6.92 Å². The van der Waals surface area contributed by atoms with Gasteiger partial charge in [0, 0.05) is 30.6 Å². The SMILES string of the molecule is CCC(N)C(c1ccco1)N1CCSCC1. The first-order valence-corrected chi connectivity index (χ1v) is 7.09. The number of hydrogen-bond acceptors (Lipinski definition) is 4. The predicted octanol–water partition coefficient (Wildman–Crippen LogP) is 2.11. The molecule has 4 heteroatoms. The van der Waals surface area contributed by atoms with E-state index in [1.165, 1.54) is 11.5 Å². The van der Waals surface area contributed by atoms with Crippen molar-refractivity contribution in [1.29, 1.82) is 0 Å². The number of furan rings is 1. The third-order valence-corrected chi connectivity index (χ3v) is 4.09. The summed E-state index contributed by atoms with van der Waals surface area (Å²) in [7, 11) is 0. The van der Waals surface area contributed by atoms with Gasteiger partial charge in [0.05, 0.1) is 12.3 Å². The van der Waals surface area contributed by atoms with E-state index in [4.69, 9.17) is 10.2 Å². The van der Waals surface area contributed by atoms with E-state index < -0.39 is 0 Å². The van der Waals surface area contributed by atoms with Crippen molar-refractivity contribution in [3.8, 4) is 0 Å². The molecule has 0 spiro atoms. The molecule has 16 heavy (non-hydrogen) atoms. The van der Waals surface area contributed by atoms with Crippen molar-refractivity contribution in [2.24, 2.45) is 5.73 Å². The molecule has 1 aliphatic rings. The second-order valence-corrected chi connectivity index (χ2v) is 5.41. The lowest BCUT2D eigenvalue weighted by Gasteiger charge is -2.36. The lowest BCUT2D eigenvalue weighted by molar-refractivity contribution is 0.163. The molecule has 2 atom stereocenters. The number of rotatable bonds is 4. The van der Waals surface area contributed by atoms with Gasteiger partial charge in [0.1, 0.15) is 5.76 Å². The molecular formula is C12H20N2OS. The second-order valence-electron chi connectivity index (χ2n) is 4.18. The monoisotopic (exact) mass is 240 g/mol. The van der Waals surface area contributed by atoms with Crippen molar-refractivity contribution in [3.63, 3.8) is 0 Å². The first kappa shape index (κ1) is 12.0. The van der Waals surface area contributed by atoms with Gasteiger partial charge < -0.3 is 10.2 Å². The van der Waals surface area contributed by atoms with Crippen LogP contribution in [0.2, 0.25) is 0 Å². The molecule has 0 saturated carbocycles. The molecule has 1 fully saturated rings. The third kappa shape index (κ3) is 2.62. The topological polar surface area (TPSA) is 42.4 Å². The Labute approximate surface area is 101 Å². The maximum absolute atomic E-state index is 6.23. The maximum atomic E-state index is 6.23. The Balaban J connectivity index is 2.13. The fourth-order valence-corrected chi connectivity index (χ4v) is 3.13. The highest BCUT2D eigenvalue weighted by molar-refractivity contribution is 7.99. The van der Waals surface area contributed by atoms with Crippen LogP contribution < -0.4 is 5.73 Å². The molecule has 2 heterocycles. The summed E-state index contributed by atoms with van der Waals surface area (Å²) in [6, 6.07) is 4.40. The Morgan fingerprint density at radius 2 is 2.25 bits per heavy atom. The quantitative estimate of drug-likeness (QED) is 0.875. The van der Waals surface area contributed by atoms with Gasteiger partial charge in [-0.05, 0) is 18.6 Å². The van der Waals surface area contributed by atoms with Crippen LogP contribution >= 0.6 is 11.8 Å². The van der Waals surface area contributed by atoms with Crippen molar-refractivity contribution >= 4 is 11.8 Å². The molecular weight excluding hydrogens is 220 g/mol. The molecule has 1 aromatic heterocycles. The average molecular weight is 240 g/mol. The second kappa shape index (κ2) is 5.75. The van der Waals surface area contributed by atoms with Crippen molar-refractivity contribution in [2.75, 3.05) is 24.6 Å². The average Bonchev–Trinajstić information content (AvgIpc) is 2.84. The van der Waals surface area contributed by atoms with Gasteiger partial charge in [-0.15, -0.1) is 0 Å². The van der Waals surface area contributed by atoms with Gasteiger partial charge in [0.15, 0.2) is 0 Å². The smallest absolute Gasteiger partial charge is 0.122 e.